The number of benzene rings is 3. The van der Waals surface area contributed by atoms with E-state index in [1.807, 2.05) is 76.2 Å². The fourth-order valence-corrected chi connectivity index (χ4v) is 8.40. The van der Waals surface area contributed by atoms with E-state index >= 15 is 0 Å². The lowest BCUT2D eigenvalue weighted by molar-refractivity contribution is -0.142. The fourth-order valence-electron chi connectivity index (χ4n) is 4.91. The molecule has 35 heavy (non-hydrogen) atoms. The van der Waals surface area contributed by atoms with Gasteiger partial charge in [0.2, 0.25) is 10.0 Å². The van der Waals surface area contributed by atoms with E-state index in [0.717, 1.165) is 21.6 Å². The molecule has 0 unspecified atom stereocenters. The van der Waals surface area contributed by atoms with Gasteiger partial charge < -0.3 is 5.11 Å². The number of thioether (sulfide) groups is 1. The van der Waals surface area contributed by atoms with E-state index in [4.69, 9.17) is 0 Å². The summed E-state index contributed by atoms with van der Waals surface area (Å²) in [7, 11) is -3.97. The lowest BCUT2D eigenvalue weighted by Gasteiger charge is -2.30. The third kappa shape index (κ3) is 5.03. The number of rotatable bonds is 7. The van der Waals surface area contributed by atoms with Crippen LogP contribution in [-0.4, -0.2) is 35.1 Å². The van der Waals surface area contributed by atoms with Gasteiger partial charge in [0.1, 0.15) is 0 Å². The van der Waals surface area contributed by atoms with Crippen LogP contribution < -0.4 is 0 Å². The summed E-state index contributed by atoms with van der Waals surface area (Å²) in [5, 5.41) is 10.0. The predicted octanol–water partition coefficient (Wildman–Crippen LogP) is 6.00. The van der Waals surface area contributed by atoms with Gasteiger partial charge in [-0.2, -0.15) is 4.31 Å². The molecule has 3 aromatic rings. The van der Waals surface area contributed by atoms with Crippen LogP contribution in [0.25, 0.3) is 0 Å². The zero-order valence-corrected chi connectivity index (χ0v) is 22.0. The minimum atomic E-state index is -3.97. The Morgan fingerprint density at radius 1 is 0.914 bits per heavy atom. The number of aryl methyl sites for hydroxylation is 3. The molecule has 0 amide bonds. The molecule has 0 aromatic heterocycles. The summed E-state index contributed by atoms with van der Waals surface area (Å²) in [6, 6.07) is 21.0. The van der Waals surface area contributed by atoms with Crippen molar-refractivity contribution in [1.82, 2.24) is 4.31 Å². The Hall–Kier alpha value is -2.61. The lowest BCUT2D eigenvalue weighted by atomic mass is 9.92. The SMILES string of the molecule is CC[C@@H]1[C@@H](Sc2ccc(C)cc2)[C@@H](C(=O)O)[C@H](c2cccc(C)c2)N1S(=O)(=O)c1ccc(C)cc1. The molecule has 0 saturated carbocycles. The number of carboxylic acids is 1. The Morgan fingerprint density at radius 2 is 1.51 bits per heavy atom. The highest BCUT2D eigenvalue weighted by molar-refractivity contribution is 8.00. The summed E-state index contributed by atoms with van der Waals surface area (Å²) in [5.41, 5.74) is 3.74. The van der Waals surface area contributed by atoms with Crippen molar-refractivity contribution in [3.63, 3.8) is 0 Å². The van der Waals surface area contributed by atoms with E-state index in [9.17, 15) is 18.3 Å². The van der Waals surface area contributed by atoms with Crippen LogP contribution in [0.1, 0.15) is 41.6 Å². The first-order valence-electron chi connectivity index (χ1n) is 11.8. The number of nitrogens with zero attached hydrogens (tertiary/aromatic N) is 1. The molecule has 5 nitrogen and oxygen atoms in total. The van der Waals surface area contributed by atoms with Gasteiger partial charge in [-0.15, -0.1) is 11.8 Å². The second-order valence-electron chi connectivity index (χ2n) is 9.24. The van der Waals surface area contributed by atoms with Crippen molar-refractivity contribution >= 4 is 27.8 Å². The quantitative estimate of drug-likeness (QED) is 0.423. The third-order valence-electron chi connectivity index (χ3n) is 6.65. The largest absolute Gasteiger partial charge is 0.481 e. The summed E-state index contributed by atoms with van der Waals surface area (Å²) < 4.78 is 29.7. The van der Waals surface area contributed by atoms with Crippen molar-refractivity contribution in [3.8, 4) is 0 Å². The number of sulfonamides is 1. The number of carboxylic acid groups (broad SMARTS) is 1. The highest BCUT2D eigenvalue weighted by Crippen LogP contribution is 2.51. The molecule has 1 fully saturated rings. The van der Waals surface area contributed by atoms with Crippen LogP contribution in [0, 0.1) is 26.7 Å². The van der Waals surface area contributed by atoms with Crippen LogP contribution in [0.2, 0.25) is 0 Å². The van der Waals surface area contributed by atoms with Crippen molar-refractivity contribution in [2.24, 2.45) is 5.92 Å². The Balaban J connectivity index is 1.90. The van der Waals surface area contributed by atoms with Gasteiger partial charge in [0.15, 0.2) is 0 Å². The van der Waals surface area contributed by atoms with Gasteiger partial charge in [-0.3, -0.25) is 4.79 Å². The molecule has 0 radical (unpaired) electrons. The molecule has 7 heteroatoms. The maximum atomic E-state index is 14.1. The minimum absolute atomic E-state index is 0.185. The molecule has 1 heterocycles. The summed E-state index contributed by atoms with van der Waals surface area (Å²) in [4.78, 5) is 13.9. The van der Waals surface area contributed by atoms with Gasteiger partial charge in [0.05, 0.1) is 16.9 Å². The predicted molar refractivity (Wildman–Crippen MR) is 140 cm³/mol. The Kier molecular flexibility index (Phi) is 7.40. The number of hydrogen-bond donors (Lipinski definition) is 1. The molecule has 3 aromatic carbocycles. The maximum absolute atomic E-state index is 14.1. The molecule has 0 aliphatic carbocycles. The molecule has 0 bridgehead atoms. The monoisotopic (exact) mass is 509 g/mol. The zero-order chi connectivity index (χ0) is 25.3. The van der Waals surface area contributed by atoms with Crippen LogP contribution in [0.15, 0.2) is 82.6 Å². The van der Waals surface area contributed by atoms with Crippen molar-refractivity contribution in [3.05, 3.63) is 95.1 Å². The van der Waals surface area contributed by atoms with Gasteiger partial charge in [0, 0.05) is 16.2 Å². The Labute approximate surface area is 212 Å². The van der Waals surface area contributed by atoms with Crippen molar-refractivity contribution in [1.29, 1.82) is 0 Å². The van der Waals surface area contributed by atoms with E-state index in [-0.39, 0.29) is 4.90 Å². The highest BCUT2D eigenvalue weighted by atomic mass is 32.2. The maximum Gasteiger partial charge on any atom is 0.309 e. The Bertz CT molecular complexity index is 1300. The Morgan fingerprint density at radius 3 is 2.06 bits per heavy atom. The van der Waals surface area contributed by atoms with Crippen molar-refractivity contribution < 1.29 is 18.3 Å². The molecule has 1 aliphatic heterocycles. The van der Waals surface area contributed by atoms with Crippen LogP contribution in [0.3, 0.4) is 0 Å². The first kappa shape index (κ1) is 25.5. The summed E-state index contributed by atoms with van der Waals surface area (Å²) in [6.07, 6.45) is 0.501. The van der Waals surface area contributed by atoms with E-state index < -0.39 is 39.2 Å². The highest BCUT2D eigenvalue weighted by Gasteiger charge is 2.57. The summed E-state index contributed by atoms with van der Waals surface area (Å²) in [6.45, 7) is 7.78. The standard InChI is InChI=1S/C28H31NO4S2/c1-5-24-27(34-22-13-9-18(2)10-14-22)25(28(30)31)26(21-8-6-7-20(4)17-21)29(24)35(32,33)23-15-11-19(3)12-16-23/h6-17,24-27H,5H2,1-4H3,(H,30,31)/t24-,25+,26+,27-/m1/s1. The van der Waals surface area contributed by atoms with Crippen LogP contribution in [0.4, 0.5) is 0 Å². The topological polar surface area (TPSA) is 74.7 Å². The number of carbonyl (C=O) groups is 1. The fraction of sp³-hybridized carbons (Fsp3) is 0.321. The second-order valence-corrected chi connectivity index (χ2v) is 12.3. The third-order valence-corrected chi connectivity index (χ3v) is 10.00. The van der Waals surface area contributed by atoms with Gasteiger partial charge in [-0.05, 0) is 57.0 Å². The smallest absolute Gasteiger partial charge is 0.309 e. The van der Waals surface area contributed by atoms with E-state index in [2.05, 4.69) is 0 Å². The average Bonchev–Trinajstić information content (AvgIpc) is 3.16. The molecule has 4 rings (SSSR count). The van der Waals surface area contributed by atoms with E-state index in [0.29, 0.717) is 12.0 Å². The first-order valence-corrected chi connectivity index (χ1v) is 14.1. The van der Waals surface area contributed by atoms with Gasteiger partial charge in [0.25, 0.3) is 0 Å². The second kappa shape index (κ2) is 10.2. The van der Waals surface area contributed by atoms with Crippen molar-refractivity contribution in [2.75, 3.05) is 0 Å². The normalized spacial score (nSPS) is 22.9. The molecular weight excluding hydrogens is 478 g/mol. The summed E-state index contributed by atoms with van der Waals surface area (Å²) in [5.74, 6) is -1.89. The molecule has 1 saturated heterocycles. The molecule has 184 valence electrons. The van der Waals surface area contributed by atoms with Crippen LogP contribution >= 0.6 is 11.8 Å². The van der Waals surface area contributed by atoms with Gasteiger partial charge in [-0.1, -0.05) is 72.1 Å². The van der Waals surface area contributed by atoms with E-state index in [1.54, 1.807) is 24.3 Å². The van der Waals surface area contributed by atoms with E-state index in [1.165, 1.54) is 16.1 Å². The van der Waals surface area contributed by atoms with Gasteiger partial charge in [-0.25, -0.2) is 8.42 Å². The molecule has 1 aliphatic rings. The molecule has 1 N–H and O–H groups in total. The number of aliphatic carboxylic acids is 1. The summed E-state index contributed by atoms with van der Waals surface area (Å²) >= 11 is 1.46. The van der Waals surface area contributed by atoms with Crippen molar-refractivity contribution in [2.45, 2.75) is 61.2 Å². The molecule has 0 spiro atoms. The van der Waals surface area contributed by atoms with Crippen LogP contribution in [-0.2, 0) is 14.8 Å². The molecule has 4 atom stereocenters. The zero-order valence-electron chi connectivity index (χ0n) is 20.4. The molecular formula is C28H31NO4S2. The first-order chi connectivity index (χ1) is 16.6. The minimum Gasteiger partial charge on any atom is -0.481 e. The lowest BCUT2D eigenvalue weighted by Crippen LogP contribution is -2.39. The number of hydrogen-bond acceptors (Lipinski definition) is 4. The average molecular weight is 510 g/mol. The van der Waals surface area contributed by atoms with Crippen LogP contribution in [0.5, 0.6) is 0 Å². The van der Waals surface area contributed by atoms with Gasteiger partial charge >= 0.3 is 5.97 Å².